The molecule has 4 aromatic rings. The van der Waals surface area contributed by atoms with Crippen LogP contribution in [0.3, 0.4) is 0 Å². The minimum atomic E-state index is -1.76. The number of halogens is 1. The summed E-state index contributed by atoms with van der Waals surface area (Å²) >= 11 is 6.88. The van der Waals surface area contributed by atoms with Crippen molar-refractivity contribution < 1.29 is 9.00 Å². The molecule has 4 rings (SSSR count). The Balaban J connectivity index is 1.53. The molecule has 3 N–H and O–H groups in total. The Morgan fingerprint density at radius 1 is 1.13 bits per heavy atom. The van der Waals surface area contributed by atoms with E-state index in [1.54, 1.807) is 36.4 Å². The average Bonchev–Trinajstić information content (AvgIpc) is 3.16. The summed E-state index contributed by atoms with van der Waals surface area (Å²) in [6.45, 7) is 0. The monoisotopic (exact) mass is 461 g/mol. The number of hydrogen-bond donors (Lipinski definition) is 3. The van der Waals surface area contributed by atoms with Crippen LogP contribution in [0.4, 0.5) is 10.5 Å². The van der Waals surface area contributed by atoms with Crippen LogP contribution in [-0.4, -0.2) is 24.8 Å². The second-order valence-electron chi connectivity index (χ2n) is 5.90. The number of benzene rings is 1. The van der Waals surface area contributed by atoms with Crippen molar-refractivity contribution in [1.82, 2.24) is 19.3 Å². The summed E-state index contributed by atoms with van der Waals surface area (Å²) in [7, 11) is -1.76. The number of amides is 2. The van der Waals surface area contributed by atoms with Gasteiger partial charge in [0, 0.05) is 0 Å². The van der Waals surface area contributed by atoms with E-state index in [9.17, 15) is 18.6 Å². The first kappa shape index (κ1) is 20.0. The first-order valence-electron chi connectivity index (χ1n) is 8.37. The van der Waals surface area contributed by atoms with Gasteiger partial charge in [-0.3, -0.25) is 9.52 Å². The first-order chi connectivity index (χ1) is 14.4. The van der Waals surface area contributed by atoms with E-state index in [2.05, 4.69) is 20.0 Å². The number of H-pyrrole nitrogens is 1. The number of fused-ring (bicyclic) bond motifs is 1. The number of hydrogen-bond acceptors (Lipinski definition) is 6. The van der Waals surface area contributed by atoms with Crippen LogP contribution in [0.15, 0.2) is 68.5 Å². The first-order valence-corrected chi connectivity index (χ1v) is 10.7. The fourth-order valence-corrected chi connectivity index (χ4v) is 4.77. The zero-order chi connectivity index (χ0) is 21.3. The Labute approximate surface area is 179 Å². The fraction of sp³-hybridized carbons (Fsp3) is 0. The van der Waals surface area contributed by atoms with Crippen molar-refractivity contribution in [2.75, 3.05) is 5.32 Å². The number of nitrogens with zero attached hydrogens (tertiary/aromatic N) is 2. The van der Waals surface area contributed by atoms with Crippen LogP contribution < -0.4 is 21.3 Å². The standard InChI is InChI=1S/C18H12ClN5O4S2/c19-13-6-8-15(29-13)30(28)23-17(26)21-10-5-7-14(20-9-10)24-16(25)11-3-1-2-4-12(11)22-18(24)27/h1-9H,(H,22,27)(H2,21,23,26). The predicted molar refractivity (Wildman–Crippen MR) is 116 cm³/mol. The molecule has 0 aliphatic rings. The third-order valence-electron chi connectivity index (χ3n) is 3.96. The van der Waals surface area contributed by atoms with Gasteiger partial charge < -0.3 is 10.3 Å². The molecular weight excluding hydrogens is 450 g/mol. The molecule has 3 aromatic heterocycles. The van der Waals surface area contributed by atoms with Crippen molar-refractivity contribution in [3.63, 3.8) is 0 Å². The van der Waals surface area contributed by atoms with Crippen molar-refractivity contribution in [3.05, 3.63) is 79.9 Å². The molecular formula is C18H12ClN5O4S2. The number of nitrogens with one attached hydrogen (secondary N) is 3. The van der Waals surface area contributed by atoms with Crippen molar-refractivity contribution in [1.29, 1.82) is 0 Å². The molecule has 152 valence electrons. The lowest BCUT2D eigenvalue weighted by molar-refractivity contribution is 0.257. The Kier molecular flexibility index (Phi) is 5.48. The quantitative estimate of drug-likeness (QED) is 0.430. The van der Waals surface area contributed by atoms with Crippen LogP contribution in [-0.2, 0) is 11.0 Å². The van der Waals surface area contributed by atoms with Gasteiger partial charge in [0.25, 0.3) is 5.56 Å². The molecule has 1 aromatic carbocycles. The number of anilines is 1. The number of urea groups is 1. The smallest absolute Gasteiger partial charge is 0.306 e. The van der Waals surface area contributed by atoms with E-state index in [-0.39, 0.29) is 11.5 Å². The highest BCUT2D eigenvalue weighted by molar-refractivity contribution is 7.86. The van der Waals surface area contributed by atoms with Crippen LogP contribution in [0.1, 0.15) is 0 Å². The maximum Gasteiger partial charge on any atom is 0.334 e. The molecule has 12 heteroatoms. The van der Waals surface area contributed by atoms with Crippen LogP contribution in [0, 0.1) is 0 Å². The maximum atomic E-state index is 12.7. The molecule has 1 atom stereocenters. The zero-order valence-corrected chi connectivity index (χ0v) is 17.3. The zero-order valence-electron chi connectivity index (χ0n) is 14.9. The summed E-state index contributed by atoms with van der Waals surface area (Å²) in [5.41, 5.74) is -0.429. The summed E-state index contributed by atoms with van der Waals surface area (Å²) in [6.07, 6.45) is 1.28. The lowest BCUT2D eigenvalue weighted by Gasteiger charge is -2.08. The molecule has 0 aliphatic heterocycles. The van der Waals surface area contributed by atoms with Gasteiger partial charge in [0.15, 0.2) is 11.0 Å². The van der Waals surface area contributed by atoms with E-state index in [0.29, 0.717) is 19.4 Å². The van der Waals surface area contributed by atoms with Crippen LogP contribution >= 0.6 is 22.9 Å². The van der Waals surface area contributed by atoms with Crippen LogP contribution in [0.2, 0.25) is 4.34 Å². The van der Waals surface area contributed by atoms with Crippen LogP contribution in [0.5, 0.6) is 0 Å². The number of carbonyl (C=O) groups is 1. The Bertz CT molecular complexity index is 1390. The highest BCUT2D eigenvalue weighted by Gasteiger charge is 2.13. The molecule has 0 saturated heterocycles. The van der Waals surface area contributed by atoms with E-state index in [1.807, 2.05) is 0 Å². The summed E-state index contributed by atoms with van der Waals surface area (Å²) in [4.78, 5) is 43.7. The van der Waals surface area contributed by atoms with Gasteiger partial charge in [0.05, 0.1) is 27.1 Å². The lowest BCUT2D eigenvalue weighted by atomic mass is 10.2. The molecule has 3 heterocycles. The Morgan fingerprint density at radius 3 is 2.63 bits per heavy atom. The van der Waals surface area contributed by atoms with E-state index in [0.717, 1.165) is 15.9 Å². The molecule has 0 aliphatic carbocycles. The summed E-state index contributed by atoms with van der Waals surface area (Å²) < 4.78 is 16.1. The molecule has 0 bridgehead atoms. The second-order valence-corrected chi connectivity index (χ2v) is 9.06. The fourth-order valence-electron chi connectivity index (χ4n) is 2.65. The van der Waals surface area contributed by atoms with E-state index >= 15 is 0 Å². The number of aromatic nitrogens is 3. The summed E-state index contributed by atoms with van der Waals surface area (Å²) in [6, 6.07) is 11.9. The normalized spacial score (nSPS) is 11.9. The topological polar surface area (TPSA) is 126 Å². The Hall–Kier alpha value is -3.28. The minimum Gasteiger partial charge on any atom is -0.306 e. The SMILES string of the molecule is O=C(Nc1ccc(-n2c(=O)[nH]c3ccccc3c2=O)nc1)NS(=O)c1ccc(Cl)s1. The van der Waals surface area contributed by atoms with Gasteiger partial charge in [-0.15, -0.1) is 11.3 Å². The van der Waals surface area contributed by atoms with Gasteiger partial charge in [0.1, 0.15) is 10.0 Å². The van der Waals surface area contributed by atoms with Gasteiger partial charge in [-0.1, -0.05) is 23.7 Å². The molecule has 0 spiro atoms. The summed E-state index contributed by atoms with van der Waals surface area (Å²) in [5.74, 6) is 0.0924. The largest absolute Gasteiger partial charge is 0.334 e. The van der Waals surface area contributed by atoms with Crippen molar-refractivity contribution in [2.45, 2.75) is 4.21 Å². The van der Waals surface area contributed by atoms with E-state index in [4.69, 9.17) is 11.6 Å². The van der Waals surface area contributed by atoms with Gasteiger partial charge in [0.2, 0.25) is 0 Å². The van der Waals surface area contributed by atoms with Crippen LogP contribution in [0.25, 0.3) is 16.7 Å². The average molecular weight is 462 g/mol. The van der Waals surface area contributed by atoms with Gasteiger partial charge in [-0.05, 0) is 36.4 Å². The number of aromatic amines is 1. The molecule has 30 heavy (non-hydrogen) atoms. The number of para-hydroxylation sites is 1. The molecule has 9 nitrogen and oxygen atoms in total. The summed E-state index contributed by atoms with van der Waals surface area (Å²) in [5, 5.41) is 2.82. The minimum absolute atomic E-state index is 0.0924. The molecule has 2 amide bonds. The van der Waals surface area contributed by atoms with E-state index < -0.39 is 28.3 Å². The van der Waals surface area contributed by atoms with Gasteiger partial charge in [-0.25, -0.2) is 23.3 Å². The molecule has 0 saturated carbocycles. The molecule has 0 fully saturated rings. The number of thiophene rings is 1. The molecule has 1 unspecified atom stereocenters. The maximum absolute atomic E-state index is 12.7. The lowest BCUT2D eigenvalue weighted by Crippen LogP contribution is -2.34. The second kappa shape index (κ2) is 8.22. The predicted octanol–water partition coefficient (Wildman–Crippen LogP) is 2.63. The Morgan fingerprint density at radius 2 is 1.93 bits per heavy atom. The van der Waals surface area contributed by atoms with Crippen molar-refractivity contribution in [2.24, 2.45) is 0 Å². The van der Waals surface area contributed by atoms with Gasteiger partial charge in [-0.2, -0.15) is 0 Å². The third-order valence-corrected chi connectivity index (χ3v) is 6.56. The highest BCUT2D eigenvalue weighted by Crippen LogP contribution is 2.23. The number of rotatable bonds is 4. The highest BCUT2D eigenvalue weighted by atomic mass is 35.5. The van der Waals surface area contributed by atoms with Gasteiger partial charge >= 0.3 is 11.7 Å². The van der Waals surface area contributed by atoms with Crippen molar-refractivity contribution in [3.8, 4) is 5.82 Å². The molecule has 0 radical (unpaired) electrons. The number of carbonyl (C=O) groups excluding carboxylic acids is 1. The number of pyridine rings is 1. The van der Waals surface area contributed by atoms with E-state index in [1.165, 1.54) is 18.3 Å². The third kappa shape index (κ3) is 4.03. The van der Waals surface area contributed by atoms with Crippen molar-refractivity contribution >= 4 is 56.5 Å².